The van der Waals surface area contributed by atoms with Crippen LogP contribution < -0.4 is 4.74 Å². The molecular formula is C23H27N3O2. The molecule has 0 saturated carbocycles. The van der Waals surface area contributed by atoms with E-state index in [4.69, 9.17) is 4.74 Å². The number of fused-ring (bicyclic) bond motifs is 1. The Labute approximate surface area is 165 Å². The second kappa shape index (κ2) is 8.15. The second-order valence-electron chi connectivity index (χ2n) is 7.83. The highest BCUT2D eigenvalue weighted by atomic mass is 16.5. The molecule has 0 aliphatic carbocycles. The molecule has 0 amide bonds. The number of aromatic amines is 1. The first-order chi connectivity index (χ1) is 13.6. The van der Waals surface area contributed by atoms with Crippen molar-refractivity contribution >= 4 is 16.8 Å². The Morgan fingerprint density at radius 2 is 2.11 bits per heavy atom. The fraction of sp³-hybridized carbons (Fsp3) is 0.391. The van der Waals surface area contributed by atoms with E-state index >= 15 is 0 Å². The van der Waals surface area contributed by atoms with Gasteiger partial charge in [-0.25, -0.2) is 4.98 Å². The smallest absolute Gasteiger partial charge is 0.167 e. The molecule has 0 bridgehead atoms. The van der Waals surface area contributed by atoms with E-state index in [1.807, 2.05) is 62.4 Å². The summed E-state index contributed by atoms with van der Waals surface area (Å²) in [4.78, 5) is 23.5. The summed E-state index contributed by atoms with van der Waals surface area (Å²) in [5, 5.41) is 0. The summed E-state index contributed by atoms with van der Waals surface area (Å²) in [5.41, 5.74) is 2.79. The minimum Gasteiger partial charge on any atom is -0.491 e. The van der Waals surface area contributed by atoms with Gasteiger partial charge in [0.15, 0.2) is 5.78 Å². The maximum absolute atomic E-state index is 13.1. The molecule has 146 valence electrons. The number of ether oxygens (including phenoxy) is 1. The van der Waals surface area contributed by atoms with Crippen molar-refractivity contribution in [1.29, 1.82) is 0 Å². The normalized spacial score (nSPS) is 17.9. The number of imidazole rings is 1. The fourth-order valence-corrected chi connectivity index (χ4v) is 3.94. The minimum atomic E-state index is 0.0208. The largest absolute Gasteiger partial charge is 0.491 e. The highest BCUT2D eigenvalue weighted by molar-refractivity contribution is 5.98. The van der Waals surface area contributed by atoms with Gasteiger partial charge in [0.05, 0.1) is 23.7 Å². The third-order valence-corrected chi connectivity index (χ3v) is 5.18. The Hall–Kier alpha value is -2.66. The van der Waals surface area contributed by atoms with Crippen molar-refractivity contribution in [2.24, 2.45) is 5.92 Å². The van der Waals surface area contributed by atoms with Crippen molar-refractivity contribution in [2.45, 2.75) is 39.3 Å². The van der Waals surface area contributed by atoms with Gasteiger partial charge in [-0.1, -0.05) is 24.3 Å². The van der Waals surface area contributed by atoms with Gasteiger partial charge in [0, 0.05) is 18.0 Å². The lowest BCUT2D eigenvalue weighted by Crippen LogP contribution is -2.38. The van der Waals surface area contributed by atoms with Gasteiger partial charge in [-0.15, -0.1) is 0 Å². The van der Waals surface area contributed by atoms with E-state index in [-0.39, 0.29) is 17.8 Å². The third-order valence-electron chi connectivity index (χ3n) is 5.18. The number of likely N-dealkylation sites (tertiary alicyclic amines) is 1. The molecule has 1 aliphatic heterocycles. The number of nitrogens with one attached hydrogen (secondary N) is 1. The number of hydrogen-bond donors (Lipinski definition) is 1. The van der Waals surface area contributed by atoms with Crippen LogP contribution in [0.4, 0.5) is 0 Å². The summed E-state index contributed by atoms with van der Waals surface area (Å²) in [6.07, 6.45) is 2.06. The molecule has 1 N–H and O–H groups in total. The molecular weight excluding hydrogens is 350 g/mol. The quantitative estimate of drug-likeness (QED) is 0.645. The van der Waals surface area contributed by atoms with Gasteiger partial charge in [0.1, 0.15) is 11.6 Å². The lowest BCUT2D eigenvalue weighted by atomic mass is 9.90. The molecule has 5 heteroatoms. The number of Topliss-reactive ketones (excluding diaryl/α,β-unsaturated/α-hetero) is 1. The van der Waals surface area contributed by atoms with Crippen LogP contribution in [0.5, 0.6) is 5.75 Å². The number of aromatic nitrogens is 2. The molecule has 0 unspecified atom stereocenters. The second-order valence-corrected chi connectivity index (χ2v) is 7.83. The van der Waals surface area contributed by atoms with Crippen LogP contribution in [0.3, 0.4) is 0 Å². The van der Waals surface area contributed by atoms with Crippen LogP contribution in [0.15, 0.2) is 48.5 Å². The maximum atomic E-state index is 13.1. The van der Waals surface area contributed by atoms with Gasteiger partial charge in [0.2, 0.25) is 0 Å². The topological polar surface area (TPSA) is 58.2 Å². The molecule has 1 aromatic heterocycles. The molecule has 1 saturated heterocycles. The maximum Gasteiger partial charge on any atom is 0.167 e. The summed E-state index contributed by atoms with van der Waals surface area (Å²) < 4.78 is 5.75. The molecule has 4 rings (SSSR count). The monoisotopic (exact) mass is 377 g/mol. The Balaban J connectivity index is 1.43. The zero-order chi connectivity index (χ0) is 19.5. The summed E-state index contributed by atoms with van der Waals surface area (Å²) >= 11 is 0. The van der Waals surface area contributed by atoms with Crippen molar-refractivity contribution in [2.75, 3.05) is 13.1 Å². The van der Waals surface area contributed by atoms with Crippen molar-refractivity contribution in [3.63, 3.8) is 0 Å². The molecule has 2 heterocycles. The Kier molecular flexibility index (Phi) is 5.44. The first-order valence-electron chi connectivity index (χ1n) is 10.1. The fourth-order valence-electron chi connectivity index (χ4n) is 3.94. The van der Waals surface area contributed by atoms with Crippen LogP contribution >= 0.6 is 0 Å². The van der Waals surface area contributed by atoms with E-state index in [1.165, 1.54) is 0 Å². The van der Waals surface area contributed by atoms with E-state index < -0.39 is 0 Å². The summed E-state index contributed by atoms with van der Waals surface area (Å²) in [7, 11) is 0. The van der Waals surface area contributed by atoms with E-state index in [0.29, 0.717) is 0 Å². The van der Waals surface area contributed by atoms with Crippen LogP contribution in [0, 0.1) is 5.92 Å². The number of piperidine rings is 1. The molecule has 1 aliphatic rings. The number of ketones is 1. The SMILES string of the molecule is CC(C)Oc1cccc(C(=O)[C@H]2CCCN(Cc3nc4ccccc4[nH]3)C2)c1. The summed E-state index contributed by atoms with van der Waals surface area (Å²) in [5.74, 6) is 1.95. The molecule has 3 aromatic rings. The van der Waals surface area contributed by atoms with Crippen molar-refractivity contribution in [1.82, 2.24) is 14.9 Å². The highest BCUT2D eigenvalue weighted by Gasteiger charge is 2.27. The van der Waals surface area contributed by atoms with E-state index in [2.05, 4.69) is 14.9 Å². The Bertz CT molecular complexity index is 930. The zero-order valence-electron chi connectivity index (χ0n) is 16.5. The van der Waals surface area contributed by atoms with Crippen LogP contribution in [-0.4, -0.2) is 39.8 Å². The predicted octanol–water partition coefficient (Wildman–Crippen LogP) is 4.45. The number of carbonyl (C=O) groups excluding carboxylic acids is 1. The van der Waals surface area contributed by atoms with Crippen molar-refractivity contribution in [3.05, 3.63) is 59.9 Å². The highest BCUT2D eigenvalue weighted by Crippen LogP contribution is 2.24. The van der Waals surface area contributed by atoms with E-state index in [1.54, 1.807) is 0 Å². The first kappa shape index (κ1) is 18.7. The lowest BCUT2D eigenvalue weighted by Gasteiger charge is -2.31. The number of nitrogens with zero attached hydrogens (tertiary/aromatic N) is 2. The Morgan fingerprint density at radius 3 is 2.93 bits per heavy atom. The van der Waals surface area contributed by atoms with E-state index in [0.717, 1.165) is 60.6 Å². The molecule has 0 radical (unpaired) electrons. The van der Waals surface area contributed by atoms with Gasteiger partial charge in [-0.2, -0.15) is 0 Å². The number of carbonyl (C=O) groups is 1. The first-order valence-corrected chi connectivity index (χ1v) is 10.1. The van der Waals surface area contributed by atoms with E-state index in [9.17, 15) is 4.79 Å². The molecule has 2 aromatic carbocycles. The zero-order valence-corrected chi connectivity index (χ0v) is 16.5. The van der Waals surface area contributed by atoms with Gasteiger partial charge in [0.25, 0.3) is 0 Å². The molecule has 0 spiro atoms. The van der Waals surface area contributed by atoms with Gasteiger partial charge in [-0.05, 0) is 57.5 Å². The standard InChI is InChI=1S/C23H27N3O2/c1-16(2)28-19-9-5-7-17(13-19)23(27)18-8-6-12-26(14-18)15-22-24-20-10-3-4-11-21(20)25-22/h3-5,7,9-11,13,16,18H,6,8,12,14-15H2,1-2H3,(H,24,25)/t18-/m0/s1. The number of hydrogen-bond acceptors (Lipinski definition) is 4. The number of H-pyrrole nitrogens is 1. The minimum absolute atomic E-state index is 0.0208. The average molecular weight is 377 g/mol. The summed E-state index contributed by atoms with van der Waals surface area (Å²) in [6, 6.07) is 15.7. The van der Waals surface area contributed by atoms with Crippen LogP contribution in [0.25, 0.3) is 11.0 Å². The number of para-hydroxylation sites is 2. The van der Waals surface area contributed by atoms with Gasteiger partial charge >= 0.3 is 0 Å². The summed E-state index contributed by atoms with van der Waals surface area (Å²) in [6.45, 7) is 6.49. The van der Waals surface area contributed by atoms with Gasteiger partial charge in [-0.3, -0.25) is 9.69 Å². The molecule has 1 atom stereocenters. The lowest BCUT2D eigenvalue weighted by molar-refractivity contribution is 0.0808. The molecule has 5 nitrogen and oxygen atoms in total. The number of rotatable bonds is 6. The Morgan fingerprint density at radius 1 is 1.25 bits per heavy atom. The van der Waals surface area contributed by atoms with Crippen molar-refractivity contribution < 1.29 is 9.53 Å². The van der Waals surface area contributed by atoms with Gasteiger partial charge < -0.3 is 9.72 Å². The molecule has 28 heavy (non-hydrogen) atoms. The molecule has 1 fully saturated rings. The van der Waals surface area contributed by atoms with Crippen LogP contribution in [0.1, 0.15) is 42.9 Å². The third kappa shape index (κ3) is 4.25. The predicted molar refractivity (Wildman–Crippen MR) is 111 cm³/mol. The number of benzene rings is 2. The average Bonchev–Trinajstić information content (AvgIpc) is 3.09. The van der Waals surface area contributed by atoms with Crippen molar-refractivity contribution in [3.8, 4) is 5.75 Å². The van der Waals surface area contributed by atoms with Crippen LogP contribution in [-0.2, 0) is 6.54 Å². The van der Waals surface area contributed by atoms with Crippen LogP contribution in [0.2, 0.25) is 0 Å².